The molecule has 1 fully saturated rings. The molecule has 1 saturated heterocycles. The molecule has 1 aliphatic rings. The zero-order valence-corrected chi connectivity index (χ0v) is 15.2. The highest BCUT2D eigenvalue weighted by Gasteiger charge is 2.28. The van der Waals surface area contributed by atoms with Gasteiger partial charge < -0.3 is 10.0 Å². The van der Waals surface area contributed by atoms with Gasteiger partial charge in [-0.1, -0.05) is 12.1 Å². The average molecular weight is 398 g/mol. The number of carbonyl (C=O) groups excluding carboxylic acids is 1. The first-order chi connectivity index (χ1) is 13.9. The first-order valence-corrected chi connectivity index (χ1v) is 9.01. The number of rotatable bonds is 4. The number of fused-ring (bicyclic) bond motifs is 1. The van der Waals surface area contributed by atoms with E-state index in [0.29, 0.717) is 19.4 Å². The number of benzene rings is 2. The molecule has 3 aromatic rings. The molecule has 1 aliphatic heterocycles. The van der Waals surface area contributed by atoms with Crippen molar-refractivity contribution in [3.8, 4) is 5.69 Å². The van der Waals surface area contributed by atoms with E-state index in [9.17, 15) is 28.3 Å². The van der Waals surface area contributed by atoms with Gasteiger partial charge in [0.1, 0.15) is 11.6 Å². The molecule has 0 atom stereocenters. The third kappa shape index (κ3) is 3.16. The van der Waals surface area contributed by atoms with E-state index >= 15 is 0 Å². The minimum Gasteiger partial charge on any atom is -0.478 e. The Morgan fingerprint density at radius 3 is 2.41 bits per heavy atom. The number of pyridine rings is 1. The molecule has 0 radical (unpaired) electrons. The number of likely N-dealkylation sites (tertiary alicyclic amines) is 1. The highest BCUT2D eigenvalue weighted by molar-refractivity contribution is 6.04. The Morgan fingerprint density at radius 2 is 1.79 bits per heavy atom. The molecule has 29 heavy (non-hydrogen) atoms. The van der Waals surface area contributed by atoms with Gasteiger partial charge in [-0.15, -0.1) is 0 Å². The first-order valence-electron chi connectivity index (χ1n) is 9.01. The Morgan fingerprint density at radius 1 is 1.07 bits per heavy atom. The zero-order chi connectivity index (χ0) is 20.7. The van der Waals surface area contributed by atoms with Crippen molar-refractivity contribution in [2.45, 2.75) is 19.4 Å². The predicted octanol–water partition coefficient (Wildman–Crippen LogP) is 3.09. The predicted molar refractivity (Wildman–Crippen MR) is 101 cm³/mol. The van der Waals surface area contributed by atoms with Crippen molar-refractivity contribution in [2.24, 2.45) is 0 Å². The summed E-state index contributed by atoms with van der Waals surface area (Å²) in [7, 11) is 0. The van der Waals surface area contributed by atoms with E-state index in [1.54, 1.807) is 0 Å². The first kappa shape index (κ1) is 18.8. The van der Waals surface area contributed by atoms with Crippen LogP contribution < -0.4 is 5.56 Å². The van der Waals surface area contributed by atoms with Crippen LogP contribution in [0.1, 0.15) is 28.9 Å². The number of carboxylic acid groups (broad SMARTS) is 1. The van der Waals surface area contributed by atoms with Gasteiger partial charge in [-0.25, -0.2) is 13.6 Å². The summed E-state index contributed by atoms with van der Waals surface area (Å²) in [6.07, 6.45) is 0.968. The van der Waals surface area contributed by atoms with Gasteiger partial charge in [0.2, 0.25) is 5.91 Å². The second-order valence-corrected chi connectivity index (χ2v) is 6.83. The third-order valence-electron chi connectivity index (χ3n) is 5.07. The summed E-state index contributed by atoms with van der Waals surface area (Å²) in [4.78, 5) is 39.0. The summed E-state index contributed by atoms with van der Waals surface area (Å²) < 4.78 is 29.0. The molecule has 1 aromatic heterocycles. The van der Waals surface area contributed by atoms with Crippen LogP contribution in [0.4, 0.5) is 8.78 Å². The van der Waals surface area contributed by atoms with Crippen LogP contribution in [0.3, 0.4) is 0 Å². The maximum Gasteiger partial charge on any atom is 0.338 e. The lowest BCUT2D eigenvalue weighted by molar-refractivity contribution is -0.128. The number of nitrogens with zero attached hydrogens (tertiary/aromatic N) is 2. The van der Waals surface area contributed by atoms with Gasteiger partial charge in [0, 0.05) is 24.0 Å². The molecule has 2 aromatic carbocycles. The molecule has 0 unspecified atom stereocenters. The van der Waals surface area contributed by atoms with Gasteiger partial charge >= 0.3 is 5.97 Å². The molecule has 8 heteroatoms. The van der Waals surface area contributed by atoms with E-state index in [1.165, 1.54) is 29.2 Å². The number of halogens is 2. The quantitative estimate of drug-likeness (QED) is 0.733. The van der Waals surface area contributed by atoms with Gasteiger partial charge in [-0.2, -0.15) is 0 Å². The van der Waals surface area contributed by atoms with Gasteiger partial charge in [-0.05, 0) is 36.8 Å². The summed E-state index contributed by atoms with van der Waals surface area (Å²) in [6.45, 7) is 0.302. The molecule has 1 amide bonds. The molecule has 0 bridgehead atoms. The lowest BCUT2D eigenvalue weighted by Gasteiger charge is -2.22. The molecule has 0 saturated carbocycles. The SMILES string of the molecule is O=C(O)c1c(CN2CCCC2=O)n(-c2ccc(F)cc2)c(=O)c2c(F)cccc12. The van der Waals surface area contributed by atoms with Crippen LogP contribution in [-0.2, 0) is 11.3 Å². The zero-order valence-electron chi connectivity index (χ0n) is 15.2. The summed E-state index contributed by atoms with van der Waals surface area (Å²) in [5, 5.41) is 9.49. The van der Waals surface area contributed by atoms with Crippen molar-refractivity contribution < 1.29 is 23.5 Å². The van der Waals surface area contributed by atoms with Gasteiger partial charge in [0.25, 0.3) is 5.56 Å². The van der Waals surface area contributed by atoms with E-state index < -0.39 is 23.2 Å². The van der Waals surface area contributed by atoms with Gasteiger partial charge in [-0.3, -0.25) is 14.2 Å². The number of carboxylic acids is 1. The number of hydrogen-bond acceptors (Lipinski definition) is 3. The second-order valence-electron chi connectivity index (χ2n) is 6.83. The van der Waals surface area contributed by atoms with Crippen LogP contribution in [0.15, 0.2) is 47.3 Å². The van der Waals surface area contributed by atoms with E-state index in [1.807, 2.05) is 0 Å². The van der Waals surface area contributed by atoms with Crippen LogP contribution in [-0.4, -0.2) is 33.0 Å². The number of amides is 1. The largest absolute Gasteiger partial charge is 0.478 e. The van der Waals surface area contributed by atoms with Crippen LogP contribution in [0.2, 0.25) is 0 Å². The summed E-state index contributed by atoms with van der Waals surface area (Å²) >= 11 is 0. The number of aromatic carboxylic acids is 1. The normalized spacial score (nSPS) is 14.0. The molecule has 1 N–H and O–H groups in total. The van der Waals surface area contributed by atoms with Crippen molar-refractivity contribution in [3.05, 3.63) is 75.7 Å². The lowest BCUT2D eigenvalue weighted by atomic mass is 10.0. The molecular formula is C21H16F2N2O4. The molecular weight excluding hydrogens is 382 g/mol. The number of carbonyl (C=O) groups is 2. The maximum absolute atomic E-state index is 14.5. The fourth-order valence-corrected chi connectivity index (χ4v) is 3.76. The fraction of sp³-hybridized carbons (Fsp3) is 0.190. The Balaban J connectivity index is 2.10. The average Bonchev–Trinajstić information content (AvgIpc) is 3.07. The molecule has 2 heterocycles. The molecule has 148 valence electrons. The van der Waals surface area contributed by atoms with E-state index in [0.717, 1.165) is 22.8 Å². The van der Waals surface area contributed by atoms with Crippen molar-refractivity contribution in [3.63, 3.8) is 0 Å². The minimum atomic E-state index is -1.35. The van der Waals surface area contributed by atoms with E-state index in [4.69, 9.17) is 0 Å². The molecule has 6 nitrogen and oxygen atoms in total. The van der Waals surface area contributed by atoms with E-state index in [-0.39, 0.29) is 40.2 Å². The Labute approximate surface area is 163 Å². The van der Waals surface area contributed by atoms with Crippen LogP contribution in [0, 0.1) is 11.6 Å². The topological polar surface area (TPSA) is 79.6 Å². The molecule has 0 spiro atoms. The second kappa shape index (κ2) is 7.12. The Bertz CT molecular complexity index is 1200. The minimum absolute atomic E-state index is 0.0393. The van der Waals surface area contributed by atoms with E-state index in [2.05, 4.69) is 0 Å². The summed E-state index contributed by atoms with van der Waals surface area (Å²) in [5.74, 6) is -2.89. The third-order valence-corrected chi connectivity index (χ3v) is 5.07. The fourth-order valence-electron chi connectivity index (χ4n) is 3.76. The highest BCUT2D eigenvalue weighted by atomic mass is 19.1. The van der Waals surface area contributed by atoms with Crippen molar-refractivity contribution in [2.75, 3.05) is 6.54 Å². The van der Waals surface area contributed by atoms with Crippen molar-refractivity contribution in [1.29, 1.82) is 0 Å². The summed E-state index contributed by atoms with van der Waals surface area (Å²) in [5.41, 5.74) is -0.798. The Hall–Kier alpha value is -3.55. The smallest absolute Gasteiger partial charge is 0.338 e. The standard InChI is InChI=1S/C21H16F2N2O4/c22-12-6-8-13(9-7-12)25-16(11-24-10-2-5-17(24)26)19(21(28)29)14-3-1-4-15(23)18(14)20(25)27/h1,3-4,6-9H,2,5,10-11H2,(H,28,29). The maximum atomic E-state index is 14.5. The summed E-state index contributed by atoms with van der Waals surface area (Å²) in [6, 6.07) is 8.64. The molecule has 0 aliphatic carbocycles. The molecule has 4 rings (SSSR count). The van der Waals surface area contributed by atoms with Crippen molar-refractivity contribution >= 4 is 22.6 Å². The van der Waals surface area contributed by atoms with Crippen LogP contribution >= 0.6 is 0 Å². The van der Waals surface area contributed by atoms with Gasteiger partial charge in [0.15, 0.2) is 0 Å². The Kier molecular flexibility index (Phi) is 4.62. The highest BCUT2D eigenvalue weighted by Crippen LogP contribution is 2.27. The van der Waals surface area contributed by atoms with Gasteiger partial charge in [0.05, 0.1) is 23.2 Å². The van der Waals surface area contributed by atoms with Crippen molar-refractivity contribution in [1.82, 2.24) is 9.47 Å². The van der Waals surface area contributed by atoms with Crippen LogP contribution in [0.5, 0.6) is 0 Å². The lowest BCUT2D eigenvalue weighted by Crippen LogP contribution is -2.32. The monoisotopic (exact) mass is 398 g/mol. The number of aromatic nitrogens is 1. The number of hydrogen-bond donors (Lipinski definition) is 1. The van der Waals surface area contributed by atoms with Crippen LogP contribution in [0.25, 0.3) is 16.5 Å².